The molecule has 1 fully saturated rings. The number of aromatic nitrogens is 3. The molecule has 7 nitrogen and oxygen atoms in total. The van der Waals surface area contributed by atoms with Gasteiger partial charge < -0.3 is 15.0 Å². The number of amides is 1. The van der Waals surface area contributed by atoms with Gasteiger partial charge in [-0.3, -0.25) is 9.36 Å². The highest BCUT2D eigenvalue weighted by molar-refractivity contribution is 7.99. The molecule has 0 aliphatic carbocycles. The summed E-state index contributed by atoms with van der Waals surface area (Å²) in [6.45, 7) is 5.58. The Hall–Kier alpha value is -2.49. The Morgan fingerprint density at radius 3 is 2.53 bits per heavy atom. The molecule has 2 aromatic carbocycles. The quantitative estimate of drug-likeness (QED) is 0.380. The number of benzene rings is 2. The summed E-state index contributed by atoms with van der Waals surface area (Å²) < 4.78 is 7.52. The zero-order valence-electron chi connectivity index (χ0n) is 18.1. The molecular formula is C23H27N5O2S2. The number of carbonyl (C=O) groups excluding carboxylic acids is 1. The average molecular weight is 470 g/mol. The van der Waals surface area contributed by atoms with Gasteiger partial charge in [-0.15, -0.1) is 22.0 Å². The van der Waals surface area contributed by atoms with Crippen LogP contribution in [0.1, 0.15) is 5.56 Å². The zero-order chi connectivity index (χ0) is 22.2. The van der Waals surface area contributed by atoms with Crippen molar-refractivity contribution in [2.75, 3.05) is 49.3 Å². The van der Waals surface area contributed by atoms with E-state index in [-0.39, 0.29) is 5.91 Å². The number of nitrogens with zero attached hydrogens (tertiary/aromatic N) is 4. The van der Waals surface area contributed by atoms with Gasteiger partial charge in [0.15, 0.2) is 5.16 Å². The van der Waals surface area contributed by atoms with Crippen LogP contribution in [0.25, 0.3) is 5.69 Å². The second kappa shape index (κ2) is 11.4. The van der Waals surface area contributed by atoms with Crippen LogP contribution in [0.3, 0.4) is 0 Å². The van der Waals surface area contributed by atoms with Gasteiger partial charge >= 0.3 is 0 Å². The molecule has 0 bridgehead atoms. The Bertz CT molecular complexity index is 1000. The fourth-order valence-corrected chi connectivity index (χ4v) is 4.87. The zero-order valence-corrected chi connectivity index (χ0v) is 19.7. The summed E-state index contributed by atoms with van der Waals surface area (Å²) in [6.07, 6.45) is 0. The number of anilines is 1. The smallest absolute Gasteiger partial charge is 0.232 e. The van der Waals surface area contributed by atoms with Crippen molar-refractivity contribution < 1.29 is 9.53 Å². The third-order valence-electron chi connectivity index (χ3n) is 4.97. The maximum absolute atomic E-state index is 12.4. The molecule has 1 amide bonds. The molecule has 1 aliphatic rings. The summed E-state index contributed by atoms with van der Waals surface area (Å²) >= 11 is 3.14. The van der Waals surface area contributed by atoms with Gasteiger partial charge in [0.2, 0.25) is 11.9 Å². The van der Waals surface area contributed by atoms with Gasteiger partial charge in [0.1, 0.15) is 0 Å². The standard InChI is InChI=1S/C23H27N5O2S2/c1-18-7-9-19(10-8-18)28-22(27-12-14-30-15-13-27)25-26-23(28)32-17-21(29)24-11-16-31-20-5-3-2-4-6-20/h2-10H,11-17H2,1H3,(H,24,29). The number of rotatable bonds is 9. The lowest BCUT2D eigenvalue weighted by Crippen LogP contribution is -2.37. The van der Waals surface area contributed by atoms with Gasteiger partial charge in [0, 0.05) is 30.3 Å². The van der Waals surface area contributed by atoms with Crippen LogP contribution in [0, 0.1) is 6.92 Å². The first-order valence-corrected chi connectivity index (χ1v) is 12.6. The van der Waals surface area contributed by atoms with Gasteiger partial charge in [-0.2, -0.15) is 0 Å². The molecule has 168 valence electrons. The van der Waals surface area contributed by atoms with Crippen molar-refractivity contribution in [1.29, 1.82) is 0 Å². The van der Waals surface area contributed by atoms with Crippen molar-refractivity contribution in [3.05, 3.63) is 60.2 Å². The highest BCUT2D eigenvalue weighted by Gasteiger charge is 2.22. The number of morpholine rings is 1. The maximum atomic E-state index is 12.4. The van der Waals surface area contributed by atoms with Crippen LogP contribution < -0.4 is 10.2 Å². The summed E-state index contributed by atoms with van der Waals surface area (Å²) in [5, 5.41) is 12.6. The molecule has 2 heterocycles. The highest BCUT2D eigenvalue weighted by Crippen LogP contribution is 2.27. The van der Waals surface area contributed by atoms with Gasteiger partial charge in [-0.1, -0.05) is 47.7 Å². The lowest BCUT2D eigenvalue weighted by molar-refractivity contribution is -0.118. The van der Waals surface area contributed by atoms with Gasteiger partial charge in [-0.25, -0.2) is 0 Å². The fourth-order valence-electron chi connectivity index (χ4n) is 3.30. The second-order valence-electron chi connectivity index (χ2n) is 7.35. The predicted octanol–water partition coefficient (Wildman–Crippen LogP) is 3.41. The molecule has 0 unspecified atom stereocenters. The number of nitrogens with one attached hydrogen (secondary N) is 1. The molecule has 1 N–H and O–H groups in total. The molecule has 1 aliphatic heterocycles. The number of hydrogen-bond donors (Lipinski definition) is 1. The summed E-state index contributed by atoms with van der Waals surface area (Å²) in [6, 6.07) is 18.5. The van der Waals surface area contributed by atoms with E-state index in [0.717, 1.165) is 30.5 Å². The van der Waals surface area contributed by atoms with Crippen molar-refractivity contribution >= 4 is 35.4 Å². The van der Waals surface area contributed by atoms with E-state index in [0.29, 0.717) is 30.7 Å². The first kappa shape index (κ1) is 22.7. The van der Waals surface area contributed by atoms with E-state index in [9.17, 15) is 4.79 Å². The SMILES string of the molecule is Cc1ccc(-n2c(SCC(=O)NCCSc3ccccc3)nnc2N2CCOCC2)cc1. The van der Waals surface area contributed by atoms with Gasteiger partial charge in [-0.05, 0) is 31.2 Å². The third-order valence-corrected chi connectivity index (χ3v) is 6.91. The van der Waals surface area contributed by atoms with Crippen molar-refractivity contribution in [2.45, 2.75) is 17.0 Å². The first-order chi connectivity index (χ1) is 15.7. The number of thioether (sulfide) groups is 2. The first-order valence-electron chi connectivity index (χ1n) is 10.6. The Balaban J connectivity index is 1.37. The van der Waals surface area contributed by atoms with Crippen molar-refractivity contribution in [1.82, 2.24) is 20.1 Å². The molecule has 0 radical (unpaired) electrons. The lowest BCUT2D eigenvalue weighted by atomic mass is 10.2. The lowest BCUT2D eigenvalue weighted by Gasteiger charge is -2.27. The molecule has 1 saturated heterocycles. The largest absolute Gasteiger partial charge is 0.378 e. The molecule has 3 aromatic rings. The van der Waals surface area contributed by atoms with Gasteiger partial charge in [0.05, 0.1) is 24.7 Å². The van der Waals surface area contributed by atoms with Crippen molar-refractivity contribution in [3.63, 3.8) is 0 Å². The maximum Gasteiger partial charge on any atom is 0.232 e. The van der Waals surface area contributed by atoms with Crippen LogP contribution in [0.5, 0.6) is 0 Å². The van der Waals surface area contributed by atoms with E-state index in [4.69, 9.17) is 4.74 Å². The van der Waals surface area contributed by atoms with Crippen molar-refractivity contribution in [2.24, 2.45) is 0 Å². The summed E-state index contributed by atoms with van der Waals surface area (Å²) in [4.78, 5) is 15.8. The number of carbonyl (C=O) groups is 1. The van der Waals surface area contributed by atoms with E-state index >= 15 is 0 Å². The van der Waals surface area contributed by atoms with Crippen LogP contribution in [-0.4, -0.2) is 65.0 Å². The van der Waals surface area contributed by atoms with Crippen LogP contribution in [-0.2, 0) is 9.53 Å². The van der Waals surface area contributed by atoms with E-state index in [2.05, 4.69) is 63.7 Å². The van der Waals surface area contributed by atoms with E-state index in [1.165, 1.54) is 22.2 Å². The van der Waals surface area contributed by atoms with Crippen LogP contribution in [0.15, 0.2) is 64.6 Å². The molecule has 9 heteroatoms. The van der Waals surface area contributed by atoms with E-state index < -0.39 is 0 Å². The summed E-state index contributed by atoms with van der Waals surface area (Å²) in [5.74, 6) is 1.92. The van der Waals surface area contributed by atoms with E-state index in [1.807, 2.05) is 22.8 Å². The normalized spacial score (nSPS) is 13.8. The molecule has 0 atom stereocenters. The predicted molar refractivity (Wildman–Crippen MR) is 130 cm³/mol. The Morgan fingerprint density at radius 2 is 1.78 bits per heavy atom. The molecule has 4 rings (SSSR count). The summed E-state index contributed by atoms with van der Waals surface area (Å²) in [5.41, 5.74) is 2.18. The molecule has 1 aromatic heterocycles. The second-order valence-corrected chi connectivity index (χ2v) is 9.46. The molecule has 0 saturated carbocycles. The number of aryl methyl sites for hydroxylation is 1. The molecule has 32 heavy (non-hydrogen) atoms. The minimum absolute atomic E-state index is 0.00459. The third kappa shape index (κ3) is 6.05. The Morgan fingerprint density at radius 1 is 1.03 bits per heavy atom. The van der Waals surface area contributed by atoms with Crippen LogP contribution in [0.4, 0.5) is 5.95 Å². The van der Waals surface area contributed by atoms with Gasteiger partial charge in [0.25, 0.3) is 0 Å². The minimum Gasteiger partial charge on any atom is -0.378 e. The van der Waals surface area contributed by atoms with Crippen LogP contribution >= 0.6 is 23.5 Å². The fraction of sp³-hybridized carbons (Fsp3) is 0.348. The Labute approximate surface area is 196 Å². The Kier molecular flexibility index (Phi) is 8.08. The highest BCUT2D eigenvalue weighted by atomic mass is 32.2. The topological polar surface area (TPSA) is 72.3 Å². The van der Waals surface area contributed by atoms with Crippen molar-refractivity contribution in [3.8, 4) is 5.69 Å². The average Bonchev–Trinajstić information content (AvgIpc) is 3.26. The molecule has 0 spiro atoms. The van der Waals surface area contributed by atoms with E-state index in [1.54, 1.807) is 11.8 Å². The molecular weight excluding hydrogens is 442 g/mol. The minimum atomic E-state index is -0.00459. The van der Waals surface area contributed by atoms with Crippen LogP contribution in [0.2, 0.25) is 0 Å². The number of ether oxygens (including phenoxy) is 1. The monoisotopic (exact) mass is 469 g/mol. The summed E-state index contributed by atoms with van der Waals surface area (Å²) in [7, 11) is 0. The number of hydrogen-bond acceptors (Lipinski definition) is 7.